The lowest BCUT2D eigenvalue weighted by atomic mass is 10.1. The van der Waals surface area contributed by atoms with Crippen LogP contribution in [-0.4, -0.2) is 17.0 Å². The van der Waals surface area contributed by atoms with Crippen LogP contribution in [0.4, 0.5) is 11.4 Å². The number of thiazole rings is 1. The van der Waals surface area contributed by atoms with Crippen molar-refractivity contribution in [1.29, 1.82) is 5.26 Å². The second kappa shape index (κ2) is 8.86. The van der Waals surface area contributed by atoms with Gasteiger partial charge in [-0.3, -0.25) is 10.1 Å². The molecule has 1 N–H and O–H groups in total. The molecule has 0 aliphatic rings. The first-order chi connectivity index (χ1) is 13.9. The predicted molar refractivity (Wildman–Crippen MR) is 117 cm³/mol. The third-order valence-corrected chi connectivity index (χ3v) is 5.49. The molecule has 0 spiro atoms. The van der Waals surface area contributed by atoms with E-state index >= 15 is 0 Å². The molecule has 0 bridgehead atoms. The van der Waals surface area contributed by atoms with Gasteiger partial charge in [0.05, 0.1) is 17.7 Å². The summed E-state index contributed by atoms with van der Waals surface area (Å²) < 4.78 is 6.08. The summed E-state index contributed by atoms with van der Waals surface area (Å²) in [6, 6.07) is 12.9. The Morgan fingerprint density at radius 3 is 2.72 bits per heavy atom. The molecule has 7 nitrogen and oxygen atoms in total. The van der Waals surface area contributed by atoms with E-state index in [1.807, 2.05) is 29.6 Å². The Bertz CT molecular complexity index is 1130. The van der Waals surface area contributed by atoms with E-state index in [-0.39, 0.29) is 11.4 Å². The average molecular weight is 471 g/mol. The Balaban J connectivity index is 1.87. The molecular formula is C20H15BrN4O3S. The molecule has 0 atom stereocenters. The summed E-state index contributed by atoms with van der Waals surface area (Å²) in [5.74, 6) is 0.141. The van der Waals surface area contributed by atoms with Crippen LogP contribution >= 0.6 is 27.3 Å². The first-order valence-corrected chi connectivity index (χ1v) is 10.0. The van der Waals surface area contributed by atoms with Gasteiger partial charge in [0.2, 0.25) is 0 Å². The number of nitriles is 1. The van der Waals surface area contributed by atoms with E-state index in [9.17, 15) is 15.4 Å². The topological polar surface area (TPSA) is 101 Å². The maximum absolute atomic E-state index is 11.1. The quantitative estimate of drug-likeness (QED) is 0.278. The Morgan fingerprint density at radius 2 is 2.10 bits per heavy atom. The van der Waals surface area contributed by atoms with Crippen LogP contribution in [0.15, 0.2) is 52.5 Å². The maximum Gasteiger partial charge on any atom is 0.311 e. The number of ether oxygens (including phenoxy) is 1. The van der Waals surface area contributed by atoms with Gasteiger partial charge >= 0.3 is 5.69 Å². The predicted octanol–water partition coefficient (Wildman–Crippen LogP) is 5.77. The maximum atomic E-state index is 11.1. The first-order valence-electron chi connectivity index (χ1n) is 8.34. The van der Waals surface area contributed by atoms with Crippen molar-refractivity contribution in [1.82, 2.24) is 4.98 Å². The number of nitro groups is 1. The van der Waals surface area contributed by atoms with Gasteiger partial charge in [-0.2, -0.15) is 5.26 Å². The normalized spacial score (nSPS) is 11.0. The van der Waals surface area contributed by atoms with E-state index in [0.717, 1.165) is 15.7 Å². The van der Waals surface area contributed by atoms with Crippen molar-refractivity contribution in [3.05, 3.63) is 73.1 Å². The summed E-state index contributed by atoms with van der Waals surface area (Å²) in [6.07, 6.45) is 1.54. The average Bonchev–Trinajstić information content (AvgIpc) is 3.19. The molecule has 0 radical (unpaired) electrons. The van der Waals surface area contributed by atoms with Gasteiger partial charge in [-0.15, -0.1) is 11.3 Å². The van der Waals surface area contributed by atoms with E-state index in [4.69, 9.17) is 4.74 Å². The highest BCUT2D eigenvalue weighted by Crippen LogP contribution is 2.33. The minimum atomic E-state index is -0.495. The van der Waals surface area contributed by atoms with Crippen LogP contribution in [0, 0.1) is 28.4 Å². The Hall–Kier alpha value is -3.22. The summed E-state index contributed by atoms with van der Waals surface area (Å²) in [5.41, 5.74) is 3.24. The van der Waals surface area contributed by atoms with Crippen LogP contribution < -0.4 is 10.1 Å². The molecule has 1 heterocycles. The standard InChI is InChI=1S/C20H15BrN4O3S/c1-12-7-18(25(26)27)19(28-2)8-16(12)23-10-14(9-22)20-24-17(11-29-20)13-3-5-15(21)6-4-13/h3-8,10-11,23H,1-2H3. The molecular weight excluding hydrogens is 456 g/mol. The number of nitrogens with zero attached hydrogens (tertiary/aromatic N) is 3. The van der Waals surface area contributed by atoms with Crippen LogP contribution in [0.5, 0.6) is 5.75 Å². The van der Waals surface area contributed by atoms with Crippen molar-refractivity contribution in [2.75, 3.05) is 12.4 Å². The smallest absolute Gasteiger partial charge is 0.311 e. The van der Waals surface area contributed by atoms with E-state index in [0.29, 0.717) is 21.8 Å². The summed E-state index contributed by atoms with van der Waals surface area (Å²) in [4.78, 5) is 15.2. The van der Waals surface area contributed by atoms with Crippen LogP contribution in [0.25, 0.3) is 16.8 Å². The molecule has 9 heteroatoms. The number of methoxy groups -OCH3 is 1. The van der Waals surface area contributed by atoms with E-state index in [1.165, 1.54) is 36.8 Å². The number of rotatable bonds is 6. The van der Waals surface area contributed by atoms with Crippen LogP contribution in [-0.2, 0) is 0 Å². The zero-order valence-corrected chi connectivity index (χ0v) is 17.9. The Kier molecular flexibility index (Phi) is 6.26. The number of aryl methyl sites for hydroxylation is 1. The number of hydrogen-bond donors (Lipinski definition) is 1. The summed E-state index contributed by atoms with van der Waals surface area (Å²) in [6.45, 7) is 1.74. The minimum Gasteiger partial charge on any atom is -0.490 e. The molecule has 0 saturated heterocycles. The highest BCUT2D eigenvalue weighted by atomic mass is 79.9. The first kappa shape index (κ1) is 20.5. The highest BCUT2D eigenvalue weighted by Gasteiger charge is 2.17. The summed E-state index contributed by atoms with van der Waals surface area (Å²) in [7, 11) is 1.37. The van der Waals surface area contributed by atoms with Crippen molar-refractivity contribution in [3.63, 3.8) is 0 Å². The number of nitro benzene ring substituents is 1. The number of benzene rings is 2. The molecule has 0 saturated carbocycles. The molecule has 1 aromatic heterocycles. The van der Waals surface area contributed by atoms with Gasteiger partial charge < -0.3 is 10.1 Å². The molecule has 0 fully saturated rings. The molecule has 146 valence electrons. The third-order valence-electron chi connectivity index (χ3n) is 4.09. The largest absolute Gasteiger partial charge is 0.490 e. The lowest BCUT2D eigenvalue weighted by molar-refractivity contribution is -0.385. The van der Waals surface area contributed by atoms with Gasteiger partial charge in [-0.25, -0.2) is 4.98 Å². The minimum absolute atomic E-state index is 0.112. The molecule has 3 rings (SSSR count). The molecule has 0 amide bonds. The van der Waals surface area contributed by atoms with Crippen LogP contribution in [0.3, 0.4) is 0 Å². The lowest BCUT2D eigenvalue weighted by Crippen LogP contribution is -1.99. The van der Waals surface area contributed by atoms with Crippen LogP contribution in [0.1, 0.15) is 10.6 Å². The summed E-state index contributed by atoms with van der Waals surface area (Å²) in [5, 5.41) is 26.2. The molecule has 0 aliphatic heterocycles. The lowest BCUT2D eigenvalue weighted by Gasteiger charge is -2.09. The fourth-order valence-corrected chi connectivity index (χ4v) is 3.64. The second-order valence-corrected chi connectivity index (χ2v) is 7.73. The van der Waals surface area contributed by atoms with Gasteiger partial charge in [0.25, 0.3) is 0 Å². The number of nitrogens with one attached hydrogen (secondary N) is 1. The van der Waals surface area contributed by atoms with Gasteiger partial charge in [-0.05, 0) is 24.6 Å². The van der Waals surface area contributed by atoms with Gasteiger partial charge in [0, 0.05) is 39.4 Å². The van der Waals surface area contributed by atoms with Gasteiger partial charge in [0.15, 0.2) is 5.75 Å². The third kappa shape index (κ3) is 4.62. The second-order valence-electron chi connectivity index (χ2n) is 5.96. The van der Waals surface area contributed by atoms with Crippen molar-refractivity contribution >= 4 is 44.2 Å². The molecule has 0 unspecified atom stereocenters. The molecule has 2 aromatic carbocycles. The van der Waals surface area contributed by atoms with E-state index in [1.54, 1.807) is 6.92 Å². The van der Waals surface area contributed by atoms with Crippen LogP contribution in [0.2, 0.25) is 0 Å². The fourth-order valence-electron chi connectivity index (χ4n) is 2.58. The van der Waals surface area contributed by atoms with Crippen molar-refractivity contribution in [3.8, 4) is 23.1 Å². The fraction of sp³-hybridized carbons (Fsp3) is 0.100. The Labute approximate surface area is 179 Å². The zero-order chi connectivity index (χ0) is 21.0. The van der Waals surface area contributed by atoms with Gasteiger partial charge in [-0.1, -0.05) is 28.1 Å². The van der Waals surface area contributed by atoms with Crippen molar-refractivity contribution in [2.45, 2.75) is 6.92 Å². The SMILES string of the molecule is COc1cc(NC=C(C#N)c2nc(-c3ccc(Br)cc3)cs2)c(C)cc1[N+](=O)[O-]. The highest BCUT2D eigenvalue weighted by molar-refractivity contribution is 9.10. The Morgan fingerprint density at radius 1 is 1.38 bits per heavy atom. The number of hydrogen-bond acceptors (Lipinski definition) is 7. The monoisotopic (exact) mass is 470 g/mol. The molecule has 29 heavy (non-hydrogen) atoms. The molecule has 0 aliphatic carbocycles. The zero-order valence-electron chi connectivity index (χ0n) is 15.5. The number of halogens is 1. The van der Waals surface area contributed by atoms with E-state index in [2.05, 4.69) is 32.3 Å². The summed E-state index contributed by atoms with van der Waals surface area (Å²) >= 11 is 4.77. The van der Waals surface area contributed by atoms with Crippen molar-refractivity contribution < 1.29 is 9.66 Å². The van der Waals surface area contributed by atoms with Gasteiger partial charge in [0.1, 0.15) is 16.6 Å². The number of allylic oxidation sites excluding steroid dienone is 1. The molecule has 3 aromatic rings. The number of anilines is 1. The van der Waals surface area contributed by atoms with E-state index < -0.39 is 4.92 Å². The van der Waals surface area contributed by atoms with Crippen molar-refractivity contribution in [2.24, 2.45) is 0 Å². The number of aromatic nitrogens is 1.